The van der Waals surface area contributed by atoms with Gasteiger partial charge in [-0.05, 0) is 32.0 Å². The van der Waals surface area contributed by atoms with Crippen molar-refractivity contribution in [3.8, 4) is 0 Å². The summed E-state index contributed by atoms with van der Waals surface area (Å²) in [5, 5.41) is 3.34. The van der Waals surface area contributed by atoms with Gasteiger partial charge in [0.25, 0.3) is 0 Å². The van der Waals surface area contributed by atoms with Crippen molar-refractivity contribution in [3.05, 3.63) is 29.6 Å². The number of rotatable bonds is 3. The van der Waals surface area contributed by atoms with Crippen molar-refractivity contribution in [2.24, 2.45) is 0 Å². The highest BCUT2D eigenvalue weighted by Gasteiger charge is 2.20. The van der Waals surface area contributed by atoms with Crippen molar-refractivity contribution in [3.63, 3.8) is 0 Å². The molecule has 0 radical (unpaired) electrons. The van der Waals surface area contributed by atoms with E-state index in [0.29, 0.717) is 6.04 Å². The Morgan fingerprint density at radius 1 is 1.60 bits per heavy atom. The molecule has 2 heterocycles. The molecular weight excluding hydrogens is 186 g/mol. The molecular formula is C12H19N3. The maximum absolute atomic E-state index is 4.32. The van der Waals surface area contributed by atoms with Crippen LogP contribution in [0.25, 0.3) is 0 Å². The summed E-state index contributed by atoms with van der Waals surface area (Å²) >= 11 is 0. The zero-order chi connectivity index (χ0) is 10.7. The third kappa shape index (κ3) is 2.55. The Morgan fingerprint density at radius 2 is 2.47 bits per heavy atom. The summed E-state index contributed by atoms with van der Waals surface area (Å²) in [5.41, 5.74) is 2.51. The highest BCUT2D eigenvalue weighted by Crippen LogP contribution is 2.14. The van der Waals surface area contributed by atoms with E-state index in [0.717, 1.165) is 18.8 Å². The van der Waals surface area contributed by atoms with Crippen LogP contribution < -0.4 is 5.32 Å². The first-order valence-corrected chi connectivity index (χ1v) is 5.59. The van der Waals surface area contributed by atoms with Crippen LogP contribution in [0.4, 0.5) is 0 Å². The largest absolute Gasteiger partial charge is 0.316 e. The first kappa shape index (κ1) is 10.6. The van der Waals surface area contributed by atoms with Gasteiger partial charge in [-0.2, -0.15) is 0 Å². The van der Waals surface area contributed by atoms with Crippen molar-refractivity contribution in [2.75, 3.05) is 20.1 Å². The van der Waals surface area contributed by atoms with E-state index in [1.54, 1.807) is 0 Å². The van der Waals surface area contributed by atoms with Crippen LogP contribution in [0.2, 0.25) is 0 Å². The van der Waals surface area contributed by atoms with Gasteiger partial charge in [0.15, 0.2) is 0 Å². The number of aromatic nitrogens is 1. The monoisotopic (exact) mass is 205 g/mol. The summed E-state index contributed by atoms with van der Waals surface area (Å²) in [6.45, 7) is 5.48. The van der Waals surface area contributed by atoms with E-state index < -0.39 is 0 Å². The van der Waals surface area contributed by atoms with E-state index in [2.05, 4.69) is 28.2 Å². The Bertz CT molecular complexity index is 324. The molecule has 15 heavy (non-hydrogen) atoms. The highest BCUT2D eigenvalue weighted by molar-refractivity contribution is 5.18. The topological polar surface area (TPSA) is 28.2 Å². The molecule has 0 saturated carbocycles. The van der Waals surface area contributed by atoms with E-state index in [9.17, 15) is 0 Å². The molecule has 0 spiro atoms. The van der Waals surface area contributed by atoms with Gasteiger partial charge in [-0.25, -0.2) is 0 Å². The number of nitrogens with zero attached hydrogens (tertiary/aromatic N) is 2. The van der Waals surface area contributed by atoms with E-state index in [1.165, 1.54) is 18.5 Å². The predicted octanol–water partition coefficient (Wildman–Crippen LogP) is 1.18. The summed E-state index contributed by atoms with van der Waals surface area (Å²) < 4.78 is 0. The summed E-state index contributed by atoms with van der Waals surface area (Å²) in [6.07, 6.45) is 3.12. The van der Waals surface area contributed by atoms with Crippen LogP contribution in [0, 0.1) is 6.92 Å². The van der Waals surface area contributed by atoms with E-state index >= 15 is 0 Å². The lowest BCUT2D eigenvalue weighted by atomic mass is 10.2. The summed E-state index contributed by atoms with van der Waals surface area (Å²) in [4.78, 5) is 6.81. The molecule has 3 nitrogen and oxygen atoms in total. The first-order chi connectivity index (χ1) is 7.29. The van der Waals surface area contributed by atoms with Gasteiger partial charge in [0.05, 0.1) is 0 Å². The average molecular weight is 205 g/mol. The molecule has 1 aliphatic rings. The average Bonchev–Trinajstić information content (AvgIpc) is 2.69. The van der Waals surface area contributed by atoms with E-state index in [1.807, 2.05) is 19.3 Å². The lowest BCUT2D eigenvalue weighted by molar-refractivity contribution is 0.321. The first-order valence-electron chi connectivity index (χ1n) is 5.59. The Balaban J connectivity index is 1.96. The lowest BCUT2D eigenvalue weighted by Gasteiger charge is -2.16. The molecule has 2 rings (SSSR count). The molecule has 0 amide bonds. The van der Waals surface area contributed by atoms with Gasteiger partial charge >= 0.3 is 0 Å². The van der Waals surface area contributed by atoms with Gasteiger partial charge in [-0.1, -0.05) is 6.07 Å². The van der Waals surface area contributed by atoms with Crippen molar-refractivity contribution >= 4 is 0 Å². The quantitative estimate of drug-likeness (QED) is 0.803. The number of aryl methyl sites for hydroxylation is 1. The van der Waals surface area contributed by atoms with E-state index in [-0.39, 0.29) is 0 Å². The maximum atomic E-state index is 4.32. The zero-order valence-electron chi connectivity index (χ0n) is 9.53. The molecule has 1 fully saturated rings. The van der Waals surface area contributed by atoms with Crippen LogP contribution in [-0.2, 0) is 6.54 Å². The zero-order valence-corrected chi connectivity index (χ0v) is 9.53. The van der Waals surface area contributed by atoms with Gasteiger partial charge in [-0.15, -0.1) is 0 Å². The summed E-state index contributed by atoms with van der Waals surface area (Å²) in [7, 11) is 2.05. The normalized spacial score (nSPS) is 22.1. The molecule has 3 heteroatoms. The van der Waals surface area contributed by atoms with Crippen LogP contribution in [-0.4, -0.2) is 36.1 Å². The molecule has 0 bridgehead atoms. The SMILES string of the molecule is CNC1CCN(Cc2cccnc2C)C1. The Morgan fingerprint density at radius 3 is 3.13 bits per heavy atom. The molecule has 1 atom stereocenters. The maximum Gasteiger partial charge on any atom is 0.0417 e. The van der Waals surface area contributed by atoms with Gasteiger partial charge in [0.1, 0.15) is 0 Å². The Hall–Kier alpha value is -0.930. The number of nitrogens with one attached hydrogen (secondary N) is 1. The Kier molecular flexibility index (Phi) is 3.34. The minimum Gasteiger partial charge on any atom is -0.316 e. The lowest BCUT2D eigenvalue weighted by Crippen LogP contribution is -2.29. The molecule has 82 valence electrons. The van der Waals surface area contributed by atoms with E-state index in [4.69, 9.17) is 0 Å². The number of likely N-dealkylation sites (tertiary alicyclic amines) is 1. The fourth-order valence-corrected chi connectivity index (χ4v) is 2.14. The van der Waals surface area contributed by atoms with Gasteiger partial charge in [-0.3, -0.25) is 9.88 Å². The Labute approximate surface area is 91.5 Å². The second-order valence-electron chi connectivity index (χ2n) is 4.26. The minimum absolute atomic E-state index is 0.668. The van der Waals surface area contributed by atoms with Crippen LogP contribution in [0.3, 0.4) is 0 Å². The van der Waals surface area contributed by atoms with Crippen molar-refractivity contribution in [1.29, 1.82) is 0 Å². The van der Waals surface area contributed by atoms with Crippen molar-refractivity contribution < 1.29 is 0 Å². The molecule has 0 aliphatic carbocycles. The highest BCUT2D eigenvalue weighted by atomic mass is 15.2. The van der Waals surface area contributed by atoms with Gasteiger partial charge in [0, 0.05) is 37.6 Å². The molecule has 1 N–H and O–H groups in total. The second-order valence-corrected chi connectivity index (χ2v) is 4.26. The van der Waals surface area contributed by atoms with Crippen molar-refractivity contribution in [1.82, 2.24) is 15.2 Å². The number of hydrogen-bond acceptors (Lipinski definition) is 3. The minimum atomic E-state index is 0.668. The number of pyridine rings is 1. The second kappa shape index (κ2) is 4.73. The van der Waals surface area contributed by atoms with Crippen LogP contribution in [0.5, 0.6) is 0 Å². The number of likely N-dealkylation sites (N-methyl/N-ethyl adjacent to an activating group) is 1. The standard InChI is InChI=1S/C12H19N3/c1-10-11(4-3-6-14-10)8-15-7-5-12(9-15)13-2/h3-4,6,12-13H,5,7-9H2,1-2H3. The summed E-state index contributed by atoms with van der Waals surface area (Å²) in [5.74, 6) is 0. The molecule has 0 aromatic carbocycles. The fourth-order valence-electron chi connectivity index (χ4n) is 2.14. The fraction of sp³-hybridized carbons (Fsp3) is 0.583. The summed E-state index contributed by atoms with van der Waals surface area (Å²) in [6, 6.07) is 4.87. The molecule has 1 saturated heterocycles. The smallest absolute Gasteiger partial charge is 0.0417 e. The molecule has 1 aliphatic heterocycles. The third-order valence-corrected chi connectivity index (χ3v) is 3.19. The molecule has 1 unspecified atom stereocenters. The van der Waals surface area contributed by atoms with Gasteiger partial charge in [0.2, 0.25) is 0 Å². The van der Waals surface area contributed by atoms with Crippen LogP contribution in [0.15, 0.2) is 18.3 Å². The van der Waals surface area contributed by atoms with Crippen molar-refractivity contribution in [2.45, 2.75) is 25.9 Å². The van der Waals surface area contributed by atoms with Crippen LogP contribution >= 0.6 is 0 Å². The van der Waals surface area contributed by atoms with Crippen LogP contribution in [0.1, 0.15) is 17.7 Å². The predicted molar refractivity (Wildman–Crippen MR) is 61.7 cm³/mol. The molecule has 1 aromatic rings. The number of hydrogen-bond donors (Lipinski definition) is 1. The molecule has 1 aromatic heterocycles. The van der Waals surface area contributed by atoms with Gasteiger partial charge < -0.3 is 5.32 Å². The third-order valence-electron chi connectivity index (χ3n) is 3.19.